The summed E-state index contributed by atoms with van der Waals surface area (Å²) in [7, 11) is 1.62. The van der Waals surface area contributed by atoms with E-state index in [9.17, 15) is 9.59 Å². The fraction of sp³-hybridized carbons (Fsp3) is 0.500. The molecular formula is C14H20N4O2S. The molecule has 0 fully saturated rings. The lowest BCUT2D eigenvalue weighted by Crippen LogP contribution is -2.29. The van der Waals surface area contributed by atoms with Gasteiger partial charge in [0, 0.05) is 18.8 Å². The van der Waals surface area contributed by atoms with Gasteiger partial charge in [-0.1, -0.05) is 37.8 Å². The Morgan fingerprint density at radius 2 is 2.14 bits per heavy atom. The molecule has 0 spiro atoms. The number of nitrogens with one attached hydrogen (secondary N) is 1. The second kappa shape index (κ2) is 6.34. The Morgan fingerprint density at radius 1 is 1.43 bits per heavy atom. The summed E-state index contributed by atoms with van der Waals surface area (Å²) in [6.07, 6.45) is 4.90. The van der Waals surface area contributed by atoms with Gasteiger partial charge in [0.25, 0.3) is 5.56 Å². The minimum absolute atomic E-state index is 0.388. The van der Waals surface area contributed by atoms with Crippen LogP contribution in [-0.2, 0) is 13.6 Å². The van der Waals surface area contributed by atoms with Gasteiger partial charge in [0.15, 0.2) is 16.3 Å². The lowest BCUT2D eigenvalue weighted by atomic mass is 10.4. The van der Waals surface area contributed by atoms with E-state index in [1.807, 2.05) is 23.6 Å². The van der Waals surface area contributed by atoms with Gasteiger partial charge < -0.3 is 4.57 Å². The van der Waals surface area contributed by atoms with Crippen LogP contribution in [0.15, 0.2) is 26.9 Å². The molecule has 21 heavy (non-hydrogen) atoms. The highest BCUT2D eigenvalue weighted by molar-refractivity contribution is 7.99. The second-order valence-electron chi connectivity index (χ2n) is 4.90. The molecule has 1 N–H and O–H groups in total. The van der Waals surface area contributed by atoms with Gasteiger partial charge in [0.1, 0.15) is 0 Å². The lowest BCUT2D eigenvalue weighted by Gasteiger charge is -2.09. The topological polar surface area (TPSA) is 72.7 Å². The Bertz CT molecular complexity index is 785. The summed E-state index contributed by atoms with van der Waals surface area (Å²) in [4.78, 5) is 30.7. The number of imidazole rings is 1. The van der Waals surface area contributed by atoms with Gasteiger partial charge in [-0.2, -0.15) is 0 Å². The van der Waals surface area contributed by atoms with Gasteiger partial charge in [-0.05, 0) is 13.3 Å². The number of aromatic nitrogens is 4. The van der Waals surface area contributed by atoms with E-state index in [4.69, 9.17) is 0 Å². The van der Waals surface area contributed by atoms with E-state index in [0.717, 1.165) is 11.6 Å². The van der Waals surface area contributed by atoms with Gasteiger partial charge in [-0.25, -0.2) is 9.78 Å². The monoisotopic (exact) mass is 308 g/mol. The molecule has 0 bridgehead atoms. The van der Waals surface area contributed by atoms with Crippen LogP contribution in [0.25, 0.3) is 11.2 Å². The van der Waals surface area contributed by atoms with Gasteiger partial charge in [0.05, 0.1) is 0 Å². The molecule has 0 aliphatic heterocycles. The fourth-order valence-corrected chi connectivity index (χ4v) is 2.91. The smallest absolute Gasteiger partial charge is 0.309 e. The third-order valence-electron chi connectivity index (χ3n) is 3.38. The van der Waals surface area contributed by atoms with Crippen molar-refractivity contribution in [2.75, 3.05) is 0 Å². The quantitative estimate of drug-likeness (QED) is 0.676. The predicted octanol–water partition coefficient (Wildman–Crippen LogP) is 1.89. The van der Waals surface area contributed by atoms with Crippen LogP contribution in [0.1, 0.15) is 27.2 Å². The van der Waals surface area contributed by atoms with E-state index in [-0.39, 0.29) is 5.56 Å². The van der Waals surface area contributed by atoms with Crippen molar-refractivity contribution >= 4 is 22.9 Å². The van der Waals surface area contributed by atoms with Crippen molar-refractivity contribution in [3.8, 4) is 0 Å². The molecule has 0 amide bonds. The van der Waals surface area contributed by atoms with Crippen molar-refractivity contribution in [3.63, 3.8) is 0 Å². The first-order valence-corrected chi connectivity index (χ1v) is 7.84. The molecule has 114 valence electrons. The van der Waals surface area contributed by atoms with Crippen LogP contribution in [0.3, 0.4) is 0 Å². The molecule has 1 atom stereocenters. The molecule has 6 nitrogen and oxygen atoms in total. The highest BCUT2D eigenvalue weighted by Gasteiger charge is 2.18. The summed E-state index contributed by atoms with van der Waals surface area (Å²) < 4.78 is 3.24. The van der Waals surface area contributed by atoms with Crippen LogP contribution in [0, 0.1) is 0 Å². The maximum Gasteiger partial charge on any atom is 0.329 e. The van der Waals surface area contributed by atoms with Crippen molar-refractivity contribution in [2.24, 2.45) is 7.05 Å². The summed E-state index contributed by atoms with van der Waals surface area (Å²) in [5.74, 6) is 0. The maximum atomic E-state index is 12.1. The van der Waals surface area contributed by atoms with Crippen molar-refractivity contribution < 1.29 is 0 Å². The average Bonchev–Trinajstić information content (AvgIpc) is 2.81. The zero-order valence-electron chi connectivity index (χ0n) is 12.7. The molecule has 2 aromatic heterocycles. The van der Waals surface area contributed by atoms with Crippen LogP contribution >= 0.6 is 11.8 Å². The van der Waals surface area contributed by atoms with Crippen LogP contribution < -0.4 is 11.2 Å². The van der Waals surface area contributed by atoms with E-state index in [2.05, 4.69) is 23.8 Å². The van der Waals surface area contributed by atoms with Gasteiger partial charge in [-0.15, -0.1) is 0 Å². The summed E-state index contributed by atoms with van der Waals surface area (Å²) >= 11 is 1.62. The van der Waals surface area contributed by atoms with Gasteiger partial charge in [0.2, 0.25) is 0 Å². The van der Waals surface area contributed by atoms with E-state index in [0.29, 0.717) is 23.0 Å². The zero-order chi connectivity index (χ0) is 15.6. The highest BCUT2D eigenvalue weighted by Crippen LogP contribution is 2.26. The van der Waals surface area contributed by atoms with Crippen LogP contribution in [-0.4, -0.2) is 24.4 Å². The number of hydrogen-bond acceptors (Lipinski definition) is 4. The molecule has 0 aliphatic rings. The van der Waals surface area contributed by atoms with Crippen molar-refractivity contribution in [3.05, 3.63) is 33.0 Å². The molecule has 0 aromatic carbocycles. The first-order valence-electron chi connectivity index (χ1n) is 6.96. The Labute approximate surface area is 126 Å². The molecule has 0 saturated carbocycles. The Kier molecular flexibility index (Phi) is 4.72. The maximum absolute atomic E-state index is 12.1. The average molecular weight is 308 g/mol. The molecule has 2 aromatic rings. The van der Waals surface area contributed by atoms with Gasteiger partial charge >= 0.3 is 5.69 Å². The molecule has 0 unspecified atom stereocenters. The predicted molar refractivity (Wildman–Crippen MR) is 86.0 cm³/mol. The number of thioether (sulfide) groups is 1. The van der Waals surface area contributed by atoms with E-state index in [1.54, 1.807) is 18.8 Å². The summed E-state index contributed by atoms with van der Waals surface area (Å²) in [6, 6.07) is 0. The van der Waals surface area contributed by atoms with Crippen molar-refractivity contribution in [1.82, 2.24) is 19.1 Å². The van der Waals surface area contributed by atoms with Crippen molar-refractivity contribution in [2.45, 2.75) is 44.1 Å². The van der Waals surface area contributed by atoms with E-state index >= 15 is 0 Å². The normalized spacial score (nSPS) is 13.3. The number of hydrogen-bond donors (Lipinski definition) is 1. The third-order valence-corrected chi connectivity index (χ3v) is 4.64. The minimum atomic E-state index is -0.441. The Balaban J connectivity index is 2.72. The first kappa shape index (κ1) is 15.6. The molecule has 0 radical (unpaired) electrons. The standard InChI is InChI=1S/C14H20N4O2S/c1-5-7-8-18-10-11(15-14(18)21-9(3)6-2)17(4)13(20)16-12(10)19/h5,7,9H,6,8H2,1-4H3,(H,16,19,20)/b7-5+/t9-/m1/s1. The minimum Gasteiger partial charge on any atom is -0.309 e. The summed E-state index contributed by atoms with van der Waals surface area (Å²) in [6.45, 7) is 6.72. The molecule has 2 rings (SSSR count). The number of fused-ring (bicyclic) bond motifs is 1. The van der Waals surface area contributed by atoms with E-state index < -0.39 is 5.69 Å². The number of rotatable bonds is 5. The Morgan fingerprint density at radius 3 is 2.76 bits per heavy atom. The number of aromatic amines is 1. The van der Waals surface area contributed by atoms with Gasteiger partial charge in [-0.3, -0.25) is 14.3 Å². The van der Waals surface area contributed by atoms with Crippen LogP contribution in [0.4, 0.5) is 0 Å². The molecule has 0 aliphatic carbocycles. The zero-order valence-corrected chi connectivity index (χ0v) is 13.5. The number of aryl methyl sites for hydroxylation is 1. The molecule has 0 saturated heterocycles. The molecular weight excluding hydrogens is 288 g/mol. The summed E-state index contributed by atoms with van der Waals surface area (Å²) in [5, 5.41) is 1.16. The largest absolute Gasteiger partial charge is 0.329 e. The number of allylic oxidation sites excluding steroid dienone is 2. The van der Waals surface area contributed by atoms with E-state index in [1.165, 1.54) is 4.57 Å². The number of H-pyrrole nitrogens is 1. The fourth-order valence-electron chi connectivity index (χ4n) is 1.95. The lowest BCUT2D eigenvalue weighted by molar-refractivity contribution is 0.738. The third kappa shape index (κ3) is 2.97. The first-order chi connectivity index (χ1) is 9.99. The SMILES string of the molecule is C/C=C/Cn1c(S[C@H](C)CC)nc2c1c(=O)[nH]c(=O)n2C. The van der Waals surface area contributed by atoms with Crippen LogP contribution in [0.2, 0.25) is 0 Å². The second-order valence-corrected chi connectivity index (χ2v) is 6.31. The number of nitrogens with zero attached hydrogens (tertiary/aromatic N) is 3. The van der Waals surface area contributed by atoms with Crippen LogP contribution in [0.5, 0.6) is 0 Å². The Hall–Kier alpha value is -1.76. The molecule has 7 heteroatoms. The highest BCUT2D eigenvalue weighted by atomic mass is 32.2. The molecule has 2 heterocycles. The summed E-state index contributed by atoms with van der Waals surface area (Å²) in [5.41, 5.74) is 0.0458. The van der Waals surface area contributed by atoms with Crippen molar-refractivity contribution in [1.29, 1.82) is 0 Å².